The monoisotopic (exact) mass is 336 g/mol. The van der Waals surface area contributed by atoms with Crippen LogP contribution in [-0.4, -0.2) is 24.6 Å². The Morgan fingerprint density at radius 2 is 1.87 bits per heavy atom. The van der Waals surface area contributed by atoms with E-state index in [0.717, 1.165) is 6.07 Å². The normalized spacial score (nSPS) is 22.3. The topological polar surface area (TPSA) is 79.3 Å². The van der Waals surface area contributed by atoms with Crippen molar-refractivity contribution in [3.05, 3.63) is 60.2 Å². The van der Waals surface area contributed by atoms with Gasteiger partial charge in [0.15, 0.2) is 0 Å². The van der Waals surface area contributed by atoms with E-state index in [1.165, 1.54) is 18.2 Å². The molecule has 2 N–H and O–H groups in total. The summed E-state index contributed by atoms with van der Waals surface area (Å²) in [5.74, 6) is -0.866. The van der Waals surface area contributed by atoms with Crippen molar-refractivity contribution in [2.45, 2.75) is 29.9 Å². The Morgan fingerprint density at radius 3 is 2.48 bits per heavy atom. The molecule has 1 aromatic carbocycles. The highest BCUT2D eigenvalue weighted by Crippen LogP contribution is 2.38. The third kappa shape index (κ3) is 3.41. The molecule has 1 aliphatic rings. The fourth-order valence-corrected chi connectivity index (χ4v) is 4.11. The summed E-state index contributed by atoms with van der Waals surface area (Å²) in [6.45, 7) is 0. The van der Waals surface area contributed by atoms with Gasteiger partial charge >= 0.3 is 0 Å². The second kappa shape index (κ2) is 6.35. The van der Waals surface area contributed by atoms with E-state index in [2.05, 4.69) is 9.71 Å². The molecule has 3 rings (SSSR count). The molecule has 122 valence electrons. The van der Waals surface area contributed by atoms with Crippen molar-refractivity contribution < 1.29 is 17.9 Å². The van der Waals surface area contributed by atoms with Crippen LogP contribution >= 0.6 is 0 Å². The molecule has 0 spiro atoms. The van der Waals surface area contributed by atoms with Gasteiger partial charge in [-0.1, -0.05) is 18.2 Å². The standard InChI is InChI=1S/C16H17FN2O3S/c17-13-5-1-2-7-15(13)23(21,22)19-16(11-9-12(20)10-11)14-6-3-4-8-18-14/h1-8,11-12,16,19-20H,9-10H2/t11?,12?,16-/m0/s1. The highest BCUT2D eigenvalue weighted by Gasteiger charge is 2.38. The molecule has 0 bridgehead atoms. The molecule has 1 saturated carbocycles. The minimum Gasteiger partial charge on any atom is -0.393 e. The predicted octanol–water partition coefficient (Wildman–Crippen LogP) is 2.01. The predicted molar refractivity (Wildman–Crippen MR) is 82.4 cm³/mol. The van der Waals surface area contributed by atoms with Crippen LogP contribution in [0.15, 0.2) is 53.6 Å². The average Bonchev–Trinajstić information content (AvgIpc) is 2.51. The maximum absolute atomic E-state index is 13.8. The van der Waals surface area contributed by atoms with Crippen molar-refractivity contribution in [2.24, 2.45) is 5.92 Å². The fourth-order valence-electron chi connectivity index (χ4n) is 2.75. The third-order valence-electron chi connectivity index (χ3n) is 4.04. The number of rotatable bonds is 5. The molecule has 2 aromatic rings. The van der Waals surface area contributed by atoms with Gasteiger partial charge in [-0.05, 0) is 43.0 Å². The first-order chi connectivity index (χ1) is 11.0. The van der Waals surface area contributed by atoms with E-state index in [4.69, 9.17) is 0 Å². The second-order valence-corrected chi connectivity index (χ2v) is 7.35. The van der Waals surface area contributed by atoms with Gasteiger partial charge in [0.05, 0.1) is 17.8 Å². The number of aliphatic hydroxyl groups is 1. The zero-order valence-corrected chi connectivity index (χ0v) is 13.1. The number of nitrogens with one attached hydrogen (secondary N) is 1. The molecule has 1 aromatic heterocycles. The number of nitrogens with zero attached hydrogens (tertiary/aromatic N) is 1. The third-order valence-corrected chi connectivity index (χ3v) is 5.51. The van der Waals surface area contributed by atoms with Gasteiger partial charge in [0.1, 0.15) is 10.7 Å². The zero-order chi connectivity index (χ0) is 16.4. The van der Waals surface area contributed by atoms with Crippen LogP contribution in [0.4, 0.5) is 4.39 Å². The summed E-state index contributed by atoms with van der Waals surface area (Å²) in [7, 11) is -4.02. The van der Waals surface area contributed by atoms with Crippen LogP contribution in [0, 0.1) is 11.7 Å². The first-order valence-electron chi connectivity index (χ1n) is 7.33. The number of hydrogen-bond acceptors (Lipinski definition) is 4. The van der Waals surface area contributed by atoms with Gasteiger partial charge in [-0.3, -0.25) is 4.98 Å². The minimum atomic E-state index is -4.02. The van der Waals surface area contributed by atoms with Crippen molar-refractivity contribution in [3.8, 4) is 0 Å². The Labute approximate surface area is 134 Å². The maximum Gasteiger partial charge on any atom is 0.244 e. The van der Waals surface area contributed by atoms with Gasteiger partial charge in [-0.25, -0.2) is 17.5 Å². The minimum absolute atomic E-state index is 0.0681. The van der Waals surface area contributed by atoms with E-state index in [-0.39, 0.29) is 10.8 Å². The second-order valence-electron chi connectivity index (χ2n) is 5.67. The van der Waals surface area contributed by atoms with Gasteiger partial charge in [0.2, 0.25) is 10.0 Å². The average molecular weight is 336 g/mol. The Bertz CT molecular complexity index is 777. The lowest BCUT2D eigenvalue weighted by molar-refractivity contribution is 0.0273. The molecule has 0 saturated heterocycles. The van der Waals surface area contributed by atoms with E-state index in [9.17, 15) is 17.9 Å². The molecular formula is C16H17FN2O3S. The van der Waals surface area contributed by atoms with Crippen molar-refractivity contribution >= 4 is 10.0 Å². The van der Waals surface area contributed by atoms with Crippen LogP contribution in [-0.2, 0) is 10.0 Å². The first kappa shape index (κ1) is 16.0. The van der Waals surface area contributed by atoms with Gasteiger partial charge in [-0.2, -0.15) is 0 Å². The fraction of sp³-hybridized carbons (Fsp3) is 0.312. The van der Waals surface area contributed by atoms with E-state index in [1.807, 2.05) is 0 Å². The summed E-state index contributed by atoms with van der Waals surface area (Å²) in [5.41, 5.74) is 0.560. The lowest BCUT2D eigenvalue weighted by Gasteiger charge is -2.37. The largest absolute Gasteiger partial charge is 0.393 e. The van der Waals surface area contributed by atoms with Crippen molar-refractivity contribution in [1.82, 2.24) is 9.71 Å². The molecule has 1 aliphatic carbocycles. The number of aliphatic hydroxyl groups excluding tert-OH is 1. The van der Waals surface area contributed by atoms with Gasteiger partial charge < -0.3 is 5.11 Å². The molecule has 1 atom stereocenters. The van der Waals surface area contributed by atoms with Crippen LogP contribution in [0.3, 0.4) is 0 Å². The van der Waals surface area contributed by atoms with Gasteiger partial charge in [-0.15, -0.1) is 0 Å². The Morgan fingerprint density at radius 1 is 1.17 bits per heavy atom. The molecule has 1 heterocycles. The first-order valence-corrected chi connectivity index (χ1v) is 8.81. The molecule has 7 heteroatoms. The Kier molecular flexibility index (Phi) is 4.43. The molecule has 5 nitrogen and oxygen atoms in total. The number of halogens is 1. The van der Waals surface area contributed by atoms with Crippen LogP contribution in [0.2, 0.25) is 0 Å². The van der Waals surface area contributed by atoms with Crippen molar-refractivity contribution in [2.75, 3.05) is 0 Å². The van der Waals surface area contributed by atoms with Crippen LogP contribution in [0.5, 0.6) is 0 Å². The maximum atomic E-state index is 13.8. The zero-order valence-electron chi connectivity index (χ0n) is 12.3. The van der Waals surface area contributed by atoms with Gasteiger partial charge in [0.25, 0.3) is 0 Å². The quantitative estimate of drug-likeness (QED) is 0.875. The van der Waals surface area contributed by atoms with Gasteiger partial charge in [0, 0.05) is 6.20 Å². The molecule has 23 heavy (non-hydrogen) atoms. The molecule has 0 radical (unpaired) electrons. The summed E-state index contributed by atoms with van der Waals surface area (Å²) in [4.78, 5) is 3.82. The van der Waals surface area contributed by atoms with E-state index < -0.39 is 28.0 Å². The highest BCUT2D eigenvalue weighted by atomic mass is 32.2. The SMILES string of the molecule is O=S(=O)(N[C@H](c1ccccn1)C1CC(O)C1)c1ccccc1F. The van der Waals surface area contributed by atoms with E-state index >= 15 is 0 Å². The molecule has 0 amide bonds. The van der Waals surface area contributed by atoms with Crippen LogP contribution in [0.1, 0.15) is 24.6 Å². The van der Waals surface area contributed by atoms with E-state index in [0.29, 0.717) is 18.5 Å². The van der Waals surface area contributed by atoms with Crippen LogP contribution in [0.25, 0.3) is 0 Å². The number of benzene rings is 1. The number of sulfonamides is 1. The Balaban J connectivity index is 1.91. The summed E-state index contributed by atoms with van der Waals surface area (Å²) >= 11 is 0. The number of aromatic nitrogens is 1. The van der Waals surface area contributed by atoms with Crippen LogP contribution < -0.4 is 4.72 Å². The van der Waals surface area contributed by atoms with Crippen molar-refractivity contribution in [3.63, 3.8) is 0 Å². The number of hydrogen-bond donors (Lipinski definition) is 2. The Hall–Kier alpha value is -1.83. The molecule has 0 unspecified atom stereocenters. The molecular weight excluding hydrogens is 319 g/mol. The lowest BCUT2D eigenvalue weighted by Crippen LogP contribution is -2.41. The lowest BCUT2D eigenvalue weighted by atomic mass is 9.76. The smallest absolute Gasteiger partial charge is 0.244 e. The number of pyridine rings is 1. The summed E-state index contributed by atoms with van der Waals surface area (Å²) < 4.78 is 41.4. The summed E-state index contributed by atoms with van der Waals surface area (Å²) in [6.07, 6.45) is 2.13. The van der Waals surface area contributed by atoms with E-state index in [1.54, 1.807) is 24.4 Å². The van der Waals surface area contributed by atoms with Crippen molar-refractivity contribution in [1.29, 1.82) is 0 Å². The molecule has 0 aliphatic heterocycles. The summed E-state index contributed by atoms with van der Waals surface area (Å²) in [6, 6.07) is 9.88. The highest BCUT2D eigenvalue weighted by molar-refractivity contribution is 7.89. The molecule has 1 fully saturated rings. The summed E-state index contributed by atoms with van der Waals surface area (Å²) in [5, 5.41) is 9.52.